The highest BCUT2D eigenvalue weighted by atomic mass is 35.5. The highest BCUT2D eigenvalue weighted by molar-refractivity contribution is 6.31. The van der Waals surface area contributed by atoms with Crippen LogP contribution in [0.5, 0.6) is 0 Å². The molecule has 1 atom stereocenters. The maximum Gasteiger partial charge on any atom is 0.169 e. The number of hydrogen-bond acceptors (Lipinski definition) is 3. The van der Waals surface area contributed by atoms with Gasteiger partial charge in [0.2, 0.25) is 0 Å². The molecule has 0 aliphatic carbocycles. The van der Waals surface area contributed by atoms with Crippen LogP contribution in [0.1, 0.15) is 43.0 Å². The van der Waals surface area contributed by atoms with E-state index < -0.39 is 5.72 Å². The summed E-state index contributed by atoms with van der Waals surface area (Å²) in [5.74, 6) is 0.853. The van der Waals surface area contributed by atoms with Gasteiger partial charge < -0.3 is 10.0 Å². The number of amidine groups is 1. The number of aliphatic hydroxyl groups is 1. The fraction of sp³-hybridized carbons (Fsp3) is 0.381. The summed E-state index contributed by atoms with van der Waals surface area (Å²) < 4.78 is 0. The van der Waals surface area contributed by atoms with Crippen LogP contribution in [0.2, 0.25) is 5.02 Å². The number of aliphatic imine (C=N–C) groups is 1. The predicted octanol–water partition coefficient (Wildman–Crippen LogP) is 4.10. The zero-order valence-electron chi connectivity index (χ0n) is 14.9. The summed E-state index contributed by atoms with van der Waals surface area (Å²) in [5.41, 5.74) is 3.34. The highest BCUT2D eigenvalue weighted by Gasteiger charge is 2.45. The molecule has 0 radical (unpaired) electrons. The predicted molar refractivity (Wildman–Crippen MR) is 102 cm³/mol. The molecule has 0 bridgehead atoms. The lowest BCUT2D eigenvalue weighted by molar-refractivity contribution is -0.0745. The molecule has 1 unspecified atom stereocenters. The van der Waals surface area contributed by atoms with Crippen LogP contribution in [0.15, 0.2) is 47.5 Å². The minimum atomic E-state index is -1.06. The fourth-order valence-electron chi connectivity index (χ4n) is 3.80. The van der Waals surface area contributed by atoms with E-state index in [2.05, 4.69) is 50.0 Å². The molecule has 130 valence electrons. The first-order chi connectivity index (χ1) is 11.8. The highest BCUT2D eigenvalue weighted by Crippen LogP contribution is 2.40. The van der Waals surface area contributed by atoms with Crippen LogP contribution >= 0.6 is 11.6 Å². The van der Waals surface area contributed by atoms with E-state index in [1.165, 1.54) is 5.56 Å². The van der Waals surface area contributed by atoms with Crippen LogP contribution in [-0.2, 0) is 17.6 Å². The zero-order valence-corrected chi connectivity index (χ0v) is 15.6. The molecule has 2 aliphatic heterocycles. The van der Waals surface area contributed by atoms with Gasteiger partial charge in [0.25, 0.3) is 0 Å². The minimum Gasteiger partial charge on any atom is -0.366 e. The topological polar surface area (TPSA) is 35.8 Å². The zero-order chi connectivity index (χ0) is 17.8. The molecule has 4 rings (SSSR count). The number of hydrogen-bond donors (Lipinski definition) is 1. The van der Waals surface area contributed by atoms with Crippen molar-refractivity contribution in [2.45, 2.75) is 38.3 Å². The Kier molecular flexibility index (Phi) is 3.71. The van der Waals surface area contributed by atoms with Crippen molar-refractivity contribution in [1.29, 1.82) is 0 Å². The largest absolute Gasteiger partial charge is 0.366 e. The Morgan fingerprint density at radius 3 is 2.52 bits per heavy atom. The van der Waals surface area contributed by atoms with Crippen molar-refractivity contribution >= 4 is 17.4 Å². The van der Waals surface area contributed by atoms with Crippen LogP contribution in [-0.4, -0.2) is 28.9 Å². The summed E-state index contributed by atoms with van der Waals surface area (Å²) in [7, 11) is 0. The van der Waals surface area contributed by atoms with Crippen LogP contribution < -0.4 is 0 Å². The number of nitrogens with zero attached hydrogens (tertiary/aromatic N) is 2. The number of fused-ring (bicyclic) bond motifs is 3. The minimum absolute atomic E-state index is 0.0946. The Labute approximate surface area is 154 Å². The molecule has 3 nitrogen and oxygen atoms in total. The van der Waals surface area contributed by atoms with Gasteiger partial charge in [-0.15, -0.1) is 0 Å². The van der Waals surface area contributed by atoms with E-state index in [9.17, 15) is 5.11 Å². The first kappa shape index (κ1) is 16.6. The van der Waals surface area contributed by atoms with Gasteiger partial charge in [-0.25, -0.2) is 0 Å². The van der Waals surface area contributed by atoms with Gasteiger partial charge in [0.05, 0.1) is 6.54 Å². The smallest absolute Gasteiger partial charge is 0.169 e. The molecule has 0 fully saturated rings. The Hall–Kier alpha value is -1.84. The normalized spacial score (nSPS) is 22.4. The van der Waals surface area contributed by atoms with Crippen molar-refractivity contribution in [2.75, 3.05) is 13.1 Å². The average Bonchev–Trinajstić information content (AvgIpc) is 3.06. The van der Waals surface area contributed by atoms with Gasteiger partial charge in [0, 0.05) is 29.1 Å². The van der Waals surface area contributed by atoms with Crippen molar-refractivity contribution in [1.82, 2.24) is 4.90 Å². The van der Waals surface area contributed by atoms with Crippen LogP contribution in [0, 0.1) is 0 Å². The number of benzene rings is 2. The Bertz CT molecular complexity index is 851. The molecule has 2 heterocycles. The average molecular weight is 355 g/mol. The second-order valence-corrected chi connectivity index (χ2v) is 8.42. The molecule has 0 saturated carbocycles. The second kappa shape index (κ2) is 5.58. The molecule has 0 aromatic heterocycles. The van der Waals surface area contributed by atoms with Crippen molar-refractivity contribution in [3.05, 3.63) is 69.7 Å². The lowest BCUT2D eigenvalue weighted by Crippen LogP contribution is -2.53. The molecular formula is C21H23ClN2O. The third-order valence-electron chi connectivity index (χ3n) is 5.25. The van der Waals surface area contributed by atoms with Crippen LogP contribution in [0.25, 0.3) is 0 Å². The van der Waals surface area contributed by atoms with Gasteiger partial charge in [0.1, 0.15) is 5.84 Å². The summed E-state index contributed by atoms with van der Waals surface area (Å²) in [6.07, 6.45) is 0.535. The van der Waals surface area contributed by atoms with Gasteiger partial charge in [-0.2, -0.15) is 0 Å². The van der Waals surface area contributed by atoms with Gasteiger partial charge >= 0.3 is 0 Å². The van der Waals surface area contributed by atoms with Gasteiger partial charge in [-0.1, -0.05) is 62.7 Å². The second-order valence-electron chi connectivity index (χ2n) is 7.98. The quantitative estimate of drug-likeness (QED) is 0.836. The van der Waals surface area contributed by atoms with Gasteiger partial charge in [-0.05, 0) is 28.7 Å². The van der Waals surface area contributed by atoms with E-state index in [-0.39, 0.29) is 5.41 Å². The lowest BCUT2D eigenvalue weighted by atomic mass is 9.83. The van der Waals surface area contributed by atoms with Crippen molar-refractivity contribution in [3.8, 4) is 0 Å². The fourth-order valence-corrected chi connectivity index (χ4v) is 3.98. The van der Waals surface area contributed by atoms with Crippen LogP contribution in [0.3, 0.4) is 0 Å². The van der Waals surface area contributed by atoms with E-state index in [0.29, 0.717) is 18.0 Å². The summed E-state index contributed by atoms with van der Waals surface area (Å²) in [5, 5.41) is 12.3. The van der Waals surface area contributed by atoms with E-state index in [0.717, 1.165) is 29.1 Å². The molecule has 4 heteroatoms. The number of halogens is 1. The Morgan fingerprint density at radius 1 is 1.12 bits per heavy atom. The summed E-state index contributed by atoms with van der Waals surface area (Å²) >= 11 is 6.18. The SMILES string of the molecule is CC(C)(C)c1ccc(C2(O)Cc3ccc(Cl)cc3C3=NCCN32)cc1. The standard InChI is InChI=1S/C21H23ClN2O/c1-20(2,3)15-5-7-16(8-6-15)21(25)13-14-4-9-17(22)12-18(14)19-23-10-11-24(19)21/h4-9,12,25H,10-11,13H2,1-3H3. The first-order valence-electron chi connectivity index (χ1n) is 8.73. The van der Waals surface area contributed by atoms with E-state index in [1.54, 1.807) is 0 Å². The van der Waals surface area contributed by atoms with E-state index in [1.807, 2.05) is 23.1 Å². The molecule has 2 aromatic rings. The van der Waals surface area contributed by atoms with Gasteiger partial charge in [-0.3, -0.25) is 4.99 Å². The van der Waals surface area contributed by atoms with E-state index in [4.69, 9.17) is 11.6 Å². The van der Waals surface area contributed by atoms with E-state index >= 15 is 0 Å². The number of rotatable bonds is 1. The molecule has 2 aliphatic rings. The van der Waals surface area contributed by atoms with Crippen molar-refractivity contribution in [3.63, 3.8) is 0 Å². The van der Waals surface area contributed by atoms with Crippen molar-refractivity contribution in [2.24, 2.45) is 4.99 Å². The monoisotopic (exact) mass is 354 g/mol. The molecule has 0 saturated heterocycles. The summed E-state index contributed by atoms with van der Waals surface area (Å²) in [6, 6.07) is 14.2. The summed E-state index contributed by atoms with van der Waals surface area (Å²) in [4.78, 5) is 6.67. The molecule has 1 N–H and O–H groups in total. The maximum absolute atomic E-state index is 11.6. The molecule has 0 amide bonds. The van der Waals surface area contributed by atoms with Crippen LogP contribution in [0.4, 0.5) is 0 Å². The molecule has 0 spiro atoms. The molecule has 25 heavy (non-hydrogen) atoms. The Balaban J connectivity index is 1.79. The molecular weight excluding hydrogens is 332 g/mol. The lowest BCUT2D eigenvalue weighted by Gasteiger charge is -2.44. The van der Waals surface area contributed by atoms with Crippen molar-refractivity contribution < 1.29 is 5.11 Å². The van der Waals surface area contributed by atoms with Gasteiger partial charge in [0.15, 0.2) is 5.72 Å². The maximum atomic E-state index is 11.6. The molecule has 2 aromatic carbocycles. The Morgan fingerprint density at radius 2 is 1.84 bits per heavy atom. The summed E-state index contributed by atoms with van der Waals surface area (Å²) in [6.45, 7) is 8.01. The third kappa shape index (κ3) is 2.66. The first-order valence-corrected chi connectivity index (χ1v) is 9.11. The third-order valence-corrected chi connectivity index (χ3v) is 5.49.